The van der Waals surface area contributed by atoms with Crippen molar-refractivity contribution in [2.24, 2.45) is 11.7 Å². The Morgan fingerprint density at radius 3 is 2.52 bits per heavy atom. The van der Waals surface area contributed by atoms with Gasteiger partial charge in [0.2, 0.25) is 5.82 Å². The first-order valence-electron chi connectivity index (χ1n) is 7.64. The average molecular weight is 295 g/mol. The summed E-state index contributed by atoms with van der Waals surface area (Å²) < 4.78 is 1.79. The van der Waals surface area contributed by atoms with Crippen LogP contribution in [0.15, 0.2) is 0 Å². The van der Waals surface area contributed by atoms with Crippen molar-refractivity contribution in [2.75, 3.05) is 24.5 Å². The number of aryl methyl sites for hydroxylation is 1. The van der Waals surface area contributed by atoms with E-state index in [0.717, 1.165) is 32.4 Å². The second-order valence-corrected chi connectivity index (χ2v) is 6.06. The van der Waals surface area contributed by atoms with Crippen LogP contribution in [-0.2, 0) is 0 Å². The van der Waals surface area contributed by atoms with Gasteiger partial charge in [-0.05, 0) is 52.5 Å². The summed E-state index contributed by atoms with van der Waals surface area (Å²) in [5.74, 6) is 1.31. The Labute approximate surface area is 125 Å². The lowest BCUT2D eigenvalue weighted by atomic mass is 9.93. The van der Waals surface area contributed by atoms with E-state index in [2.05, 4.69) is 10.00 Å². The van der Waals surface area contributed by atoms with E-state index in [9.17, 15) is 10.1 Å². The van der Waals surface area contributed by atoms with Gasteiger partial charge in [-0.25, -0.2) is 4.68 Å². The molecule has 118 valence electrons. The lowest BCUT2D eigenvalue weighted by molar-refractivity contribution is -0.384. The largest absolute Gasteiger partial charge is 0.351 e. The highest BCUT2D eigenvalue weighted by Gasteiger charge is 2.32. The van der Waals surface area contributed by atoms with Crippen LogP contribution in [0.4, 0.5) is 11.5 Å². The summed E-state index contributed by atoms with van der Waals surface area (Å²) in [6, 6.07) is 0.106. The third-order valence-electron chi connectivity index (χ3n) is 4.19. The van der Waals surface area contributed by atoms with Gasteiger partial charge in [0.25, 0.3) is 0 Å². The van der Waals surface area contributed by atoms with Crippen molar-refractivity contribution in [3.05, 3.63) is 15.8 Å². The van der Waals surface area contributed by atoms with E-state index in [-0.39, 0.29) is 16.7 Å². The van der Waals surface area contributed by atoms with Gasteiger partial charge in [0.15, 0.2) is 0 Å². The summed E-state index contributed by atoms with van der Waals surface area (Å²) in [6.45, 7) is 8.10. The molecular weight excluding hydrogens is 270 g/mol. The minimum absolute atomic E-state index is 0.106. The molecule has 2 rings (SSSR count). The molecular formula is C14H25N5O2. The number of rotatable bonds is 5. The second kappa shape index (κ2) is 6.43. The molecule has 0 bridgehead atoms. The molecule has 2 heterocycles. The van der Waals surface area contributed by atoms with Gasteiger partial charge in [-0.3, -0.25) is 10.1 Å². The summed E-state index contributed by atoms with van der Waals surface area (Å²) in [5.41, 5.74) is 6.27. The van der Waals surface area contributed by atoms with Gasteiger partial charge in [-0.1, -0.05) is 0 Å². The molecule has 0 saturated carbocycles. The molecule has 0 amide bonds. The molecule has 1 aromatic rings. The lowest BCUT2D eigenvalue weighted by Crippen LogP contribution is -2.36. The van der Waals surface area contributed by atoms with Crippen molar-refractivity contribution in [3.8, 4) is 0 Å². The lowest BCUT2D eigenvalue weighted by Gasteiger charge is -2.33. The molecule has 2 N–H and O–H groups in total. The first-order chi connectivity index (χ1) is 9.95. The second-order valence-electron chi connectivity index (χ2n) is 6.06. The van der Waals surface area contributed by atoms with Crippen molar-refractivity contribution >= 4 is 11.5 Å². The van der Waals surface area contributed by atoms with Crippen LogP contribution >= 0.6 is 0 Å². The minimum Gasteiger partial charge on any atom is -0.351 e. The highest BCUT2D eigenvalue weighted by molar-refractivity contribution is 5.61. The number of anilines is 1. The van der Waals surface area contributed by atoms with Gasteiger partial charge in [-0.15, -0.1) is 0 Å². The van der Waals surface area contributed by atoms with Crippen LogP contribution < -0.4 is 10.6 Å². The molecule has 0 spiro atoms. The molecule has 1 aliphatic rings. The van der Waals surface area contributed by atoms with Crippen LogP contribution in [0.25, 0.3) is 0 Å². The number of nitro groups is 1. The SMILES string of the molecule is Cc1nn(C(C)C)c(N2CCC(CCN)CC2)c1[N+](=O)[O-]. The summed E-state index contributed by atoms with van der Waals surface area (Å²) in [4.78, 5) is 13.2. The predicted molar refractivity (Wildman–Crippen MR) is 82.6 cm³/mol. The predicted octanol–water partition coefficient (Wildman–Crippen LogP) is 2.25. The molecule has 0 aromatic carbocycles. The summed E-state index contributed by atoms with van der Waals surface area (Å²) >= 11 is 0. The first kappa shape index (κ1) is 15.8. The van der Waals surface area contributed by atoms with Gasteiger partial charge in [0.1, 0.15) is 5.69 Å². The van der Waals surface area contributed by atoms with Crippen LogP contribution in [0.2, 0.25) is 0 Å². The molecule has 0 atom stereocenters. The molecule has 0 unspecified atom stereocenters. The Hall–Kier alpha value is -1.63. The molecule has 1 saturated heterocycles. The summed E-state index contributed by atoms with van der Waals surface area (Å²) in [6.07, 6.45) is 3.12. The smallest absolute Gasteiger partial charge is 0.333 e. The number of nitrogens with zero attached hydrogens (tertiary/aromatic N) is 4. The van der Waals surface area contributed by atoms with Crippen molar-refractivity contribution in [1.82, 2.24) is 9.78 Å². The van der Waals surface area contributed by atoms with Gasteiger partial charge in [-0.2, -0.15) is 5.10 Å². The van der Waals surface area contributed by atoms with Gasteiger partial charge >= 0.3 is 5.69 Å². The number of nitrogens with two attached hydrogens (primary N) is 1. The van der Waals surface area contributed by atoms with Crippen LogP contribution in [0.5, 0.6) is 0 Å². The maximum absolute atomic E-state index is 11.4. The zero-order valence-corrected chi connectivity index (χ0v) is 13.1. The topological polar surface area (TPSA) is 90.2 Å². The average Bonchev–Trinajstić information content (AvgIpc) is 2.78. The zero-order valence-electron chi connectivity index (χ0n) is 13.1. The molecule has 7 heteroatoms. The monoisotopic (exact) mass is 295 g/mol. The highest BCUT2D eigenvalue weighted by Crippen LogP contribution is 2.36. The minimum atomic E-state index is -0.303. The van der Waals surface area contributed by atoms with E-state index < -0.39 is 0 Å². The molecule has 0 aliphatic carbocycles. The van der Waals surface area contributed by atoms with Crippen LogP contribution in [0.1, 0.15) is 44.8 Å². The fourth-order valence-electron chi connectivity index (χ4n) is 3.06. The number of hydrogen-bond acceptors (Lipinski definition) is 5. The van der Waals surface area contributed by atoms with Crippen molar-refractivity contribution in [2.45, 2.75) is 46.1 Å². The first-order valence-corrected chi connectivity index (χ1v) is 7.64. The maximum atomic E-state index is 11.4. The normalized spacial score (nSPS) is 16.7. The fraction of sp³-hybridized carbons (Fsp3) is 0.786. The van der Waals surface area contributed by atoms with Gasteiger partial charge in [0.05, 0.1) is 4.92 Å². The number of hydrogen-bond donors (Lipinski definition) is 1. The quantitative estimate of drug-likeness (QED) is 0.664. The molecule has 7 nitrogen and oxygen atoms in total. The van der Waals surface area contributed by atoms with E-state index in [4.69, 9.17) is 5.73 Å². The Morgan fingerprint density at radius 1 is 1.43 bits per heavy atom. The molecule has 0 radical (unpaired) electrons. The molecule has 21 heavy (non-hydrogen) atoms. The fourth-order valence-corrected chi connectivity index (χ4v) is 3.06. The number of piperidine rings is 1. The highest BCUT2D eigenvalue weighted by atomic mass is 16.6. The molecule has 1 aliphatic heterocycles. The standard InChI is InChI=1S/C14H25N5O2/c1-10(2)18-14(13(19(20)21)11(3)16-18)17-8-5-12(4-7-15)6-9-17/h10,12H,4-9,15H2,1-3H3. The van der Waals surface area contributed by atoms with Gasteiger partial charge in [0, 0.05) is 19.1 Å². The number of aromatic nitrogens is 2. The molecule has 1 aromatic heterocycles. The molecule has 1 fully saturated rings. The van der Waals surface area contributed by atoms with Crippen molar-refractivity contribution < 1.29 is 4.92 Å². The Bertz CT molecular complexity index is 504. The zero-order chi connectivity index (χ0) is 15.6. The van der Waals surface area contributed by atoms with Gasteiger partial charge < -0.3 is 10.6 Å². The van der Waals surface area contributed by atoms with Crippen LogP contribution in [0.3, 0.4) is 0 Å². The Morgan fingerprint density at radius 2 is 2.05 bits per heavy atom. The van der Waals surface area contributed by atoms with Crippen LogP contribution in [-0.4, -0.2) is 34.3 Å². The Kier molecular flexibility index (Phi) is 4.82. The summed E-state index contributed by atoms with van der Waals surface area (Å²) in [5, 5.41) is 15.8. The van der Waals surface area contributed by atoms with Crippen molar-refractivity contribution in [1.29, 1.82) is 0 Å². The maximum Gasteiger partial charge on any atom is 0.333 e. The van der Waals surface area contributed by atoms with E-state index >= 15 is 0 Å². The third-order valence-corrected chi connectivity index (χ3v) is 4.19. The van der Waals surface area contributed by atoms with Crippen LogP contribution in [0, 0.1) is 23.0 Å². The van der Waals surface area contributed by atoms with E-state index in [1.165, 1.54) is 0 Å². The summed E-state index contributed by atoms with van der Waals surface area (Å²) in [7, 11) is 0. The van der Waals surface area contributed by atoms with Crippen molar-refractivity contribution in [3.63, 3.8) is 0 Å². The Balaban J connectivity index is 2.28. The van der Waals surface area contributed by atoms with E-state index in [1.807, 2.05) is 13.8 Å². The van der Waals surface area contributed by atoms with E-state index in [1.54, 1.807) is 11.6 Å². The van der Waals surface area contributed by atoms with E-state index in [0.29, 0.717) is 24.0 Å². The third kappa shape index (κ3) is 3.18.